The number of amides is 2. The normalized spacial score (nSPS) is 22.1. The van der Waals surface area contributed by atoms with E-state index in [1.54, 1.807) is 0 Å². The van der Waals surface area contributed by atoms with Gasteiger partial charge in [0.05, 0.1) is 17.4 Å². The first-order valence-electron chi connectivity index (χ1n) is 6.05. The third-order valence-electron chi connectivity index (χ3n) is 3.24. The van der Waals surface area contributed by atoms with Gasteiger partial charge < -0.3 is 10.6 Å². The number of primary amides is 1. The maximum Gasteiger partial charge on any atom is 0.240 e. The standard InChI is InChI=1S/C13H13BrF2N2O2/c14-9-3-7(1-2-10(9)16)4-12(19)18-6-8(15)5-11(18)13(17)20/h1-3,8,11H,4-6H2,(H2,17,20)/t8-,11+/m1/s1. The van der Waals surface area contributed by atoms with E-state index in [-0.39, 0.29) is 23.9 Å². The Morgan fingerprint density at radius 2 is 2.15 bits per heavy atom. The van der Waals surface area contributed by atoms with Crippen LogP contribution in [0.15, 0.2) is 22.7 Å². The van der Waals surface area contributed by atoms with Crippen LogP contribution in [0, 0.1) is 5.82 Å². The van der Waals surface area contributed by atoms with Crippen LogP contribution in [-0.2, 0) is 16.0 Å². The molecule has 0 unspecified atom stereocenters. The largest absolute Gasteiger partial charge is 0.368 e. The van der Waals surface area contributed by atoms with Crippen molar-refractivity contribution >= 4 is 27.7 Å². The summed E-state index contributed by atoms with van der Waals surface area (Å²) in [5, 5.41) is 0. The Morgan fingerprint density at radius 1 is 1.45 bits per heavy atom. The van der Waals surface area contributed by atoms with Crippen molar-refractivity contribution in [3.63, 3.8) is 0 Å². The van der Waals surface area contributed by atoms with Crippen LogP contribution >= 0.6 is 15.9 Å². The van der Waals surface area contributed by atoms with Crippen LogP contribution in [0.4, 0.5) is 8.78 Å². The van der Waals surface area contributed by atoms with Crippen molar-refractivity contribution < 1.29 is 18.4 Å². The number of nitrogens with zero attached hydrogens (tertiary/aromatic N) is 1. The Balaban J connectivity index is 2.11. The maximum atomic E-state index is 13.3. The minimum absolute atomic E-state index is 0.0324. The topological polar surface area (TPSA) is 63.4 Å². The average molecular weight is 347 g/mol. The second-order valence-corrected chi connectivity index (χ2v) is 5.58. The van der Waals surface area contributed by atoms with Crippen LogP contribution in [0.3, 0.4) is 0 Å². The minimum atomic E-state index is -1.24. The number of nitrogens with two attached hydrogens (primary N) is 1. The predicted molar refractivity (Wildman–Crippen MR) is 72.0 cm³/mol. The number of rotatable bonds is 3. The van der Waals surface area contributed by atoms with E-state index in [1.807, 2.05) is 0 Å². The van der Waals surface area contributed by atoms with Crippen molar-refractivity contribution in [2.75, 3.05) is 6.54 Å². The quantitative estimate of drug-likeness (QED) is 0.902. The van der Waals surface area contributed by atoms with E-state index in [4.69, 9.17) is 5.73 Å². The Kier molecular flexibility index (Phi) is 4.37. The first kappa shape index (κ1) is 14.9. The molecule has 0 aromatic heterocycles. The minimum Gasteiger partial charge on any atom is -0.368 e. The summed E-state index contributed by atoms with van der Waals surface area (Å²) in [6, 6.07) is 3.29. The SMILES string of the molecule is NC(=O)[C@@H]1C[C@@H](F)CN1C(=O)Cc1ccc(F)c(Br)c1. The Hall–Kier alpha value is -1.50. The predicted octanol–water partition coefficient (Wildman–Crippen LogP) is 1.56. The second kappa shape index (κ2) is 5.87. The number of alkyl halides is 1. The Bertz CT molecular complexity index is 553. The van der Waals surface area contributed by atoms with E-state index in [2.05, 4.69) is 15.9 Å². The molecule has 2 N–H and O–H groups in total. The number of benzene rings is 1. The summed E-state index contributed by atoms with van der Waals surface area (Å²) in [6.07, 6.45) is -1.33. The summed E-state index contributed by atoms with van der Waals surface area (Å²) in [6.45, 7) is -0.130. The molecule has 0 saturated carbocycles. The monoisotopic (exact) mass is 346 g/mol. The lowest BCUT2D eigenvalue weighted by molar-refractivity contribution is -0.136. The van der Waals surface area contributed by atoms with Crippen molar-refractivity contribution in [3.05, 3.63) is 34.1 Å². The third kappa shape index (κ3) is 3.15. The lowest BCUT2D eigenvalue weighted by Crippen LogP contribution is -2.44. The van der Waals surface area contributed by atoms with Gasteiger partial charge in [-0.3, -0.25) is 9.59 Å². The Morgan fingerprint density at radius 3 is 2.75 bits per heavy atom. The molecule has 1 aliphatic heterocycles. The number of hydrogen-bond acceptors (Lipinski definition) is 2. The van der Waals surface area contributed by atoms with Crippen LogP contribution in [0.2, 0.25) is 0 Å². The van der Waals surface area contributed by atoms with E-state index in [0.717, 1.165) is 4.90 Å². The molecule has 0 radical (unpaired) electrons. The number of carbonyl (C=O) groups excluding carboxylic acids is 2. The van der Waals surface area contributed by atoms with Gasteiger partial charge >= 0.3 is 0 Å². The molecule has 1 heterocycles. The van der Waals surface area contributed by atoms with Gasteiger partial charge in [-0.05, 0) is 33.6 Å². The van der Waals surface area contributed by atoms with Gasteiger partial charge in [-0.2, -0.15) is 0 Å². The number of halogens is 3. The molecule has 1 saturated heterocycles. The molecule has 1 aromatic rings. The molecule has 4 nitrogen and oxygen atoms in total. The molecule has 1 aromatic carbocycles. The van der Waals surface area contributed by atoms with E-state index >= 15 is 0 Å². The molecule has 0 spiro atoms. The molecule has 0 bridgehead atoms. The van der Waals surface area contributed by atoms with Crippen LogP contribution in [0.5, 0.6) is 0 Å². The molecule has 2 rings (SSSR count). The molecule has 2 atom stereocenters. The lowest BCUT2D eigenvalue weighted by atomic mass is 10.1. The van der Waals surface area contributed by atoms with Gasteiger partial charge in [0.15, 0.2) is 0 Å². The average Bonchev–Trinajstić information content (AvgIpc) is 2.76. The fourth-order valence-electron chi connectivity index (χ4n) is 2.26. The lowest BCUT2D eigenvalue weighted by Gasteiger charge is -2.21. The van der Waals surface area contributed by atoms with Crippen molar-refractivity contribution in [1.82, 2.24) is 4.90 Å². The summed E-state index contributed by atoms with van der Waals surface area (Å²) in [7, 11) is 0. The highest BCUT2D eigenvalue weighted by atomic mass is 79.9. The van der Waals surface area contributed by atoms with Gasteiger partial charge in [-0.1, -0.05) is 6.07 Å². The zero-order chi connectivity index (χ0) is 14.9. The van der Waals surface area contributed by atoms with E-state index in [1.165, 1.54) is 18.2 Å². The first-order valence-corrected chi connectivity index (χ1v) is 6.84. The van der Waals surface area contributed by atoms with Gasteiger partial charge in [0.25, 0.3) is 0 Å². The highest BCUT2D eigenvalue weighted by Crippen LogP contribution is 2.22. The second-order valence-electron chi connectivity index (χ2n) is 4.72. The molecule has 2 amide bonds. The smallest absolute Gasteiger partial charge is 0.240 e. The molecule has 108 valence electrons. The highest BCUT2D eigenvalue weighted by Gasteiger charge is 2.38. The van der Waals surface area contributed by atoms with Crippen LogP contribution < -0.4 is 5.73 Å². The summed E-state index contributed by atoms with van der Waals surface area (Å²) >= 11 is 3.03. The van der Waals surface area contributed by atoms with E-state index in [0.29, 0.717) is 5.56 Å². The van der Waals surface area contributed by atoms with Gasteiger partial charge in [0.1, 0.15) is 18.0 Å². The molecule has 1 fully saturated rings. The van der Waals surface area contributed by atoms with Crippen molar-refractivity contribution in [3.8, 4) is 0 Å². The Labute approximate surface area is 123 Å². The number of likely N-dealkylation sites (tertiary alicyclic amines) is 1. The van der Waals surface area contributed by atoms with Crippen LogP contribution in [-0.4, -0.2) is 35.5 Å². The third-order valence-corrected chi connectivity index (χ3v) is 3.85. The highest BCUT2D eigenvalue weighted by molar-refractivity contribution is 9.10. The van der Waals surface area contributed by atoms with E-state index in [9.17, 15) is 18.4 Å². The molecule has 7 heteroatoms. The zero-order valence-corrected chi connectivity index (χ0v) is 12.1. The van der Waals surface area contributed by atoms with Crippen LogP contribution in [0.25, 0.3) is 0 Å². The number of carbonyl (C=O) groups is 2. The van der Waals surface area contributed by atoms with Gasteiger partial charge in [0.2, 0.25) is 11.8 Å². The summed E-state index contributed by atoms with van der Waals surface area (Å²) < 4.78 is 26.7. The van der Waals surface area contributed by atoms with Gasteiger partial charge in [-0.25, -0.2) is 8.78 Å². The zero-order valence-electron chi connectivity index (χ0n) is 10.5. The summed E-state index contributed by atoms with van der Waals surface area (Å²) in [4.78, 5) is 24.5. The molecular formula is C13H13BrF2N2O2. The van der Waals surface area contributed by atoms with Crippen molar-refractivity contribution in [2.24, 2.45) is 5.73 Å². The maximum absolute atomic E-state index is 13.3. The molecular weight excluding hydrogens is 334 g/mol. The molecule has 1 aliphatic rings. The van der Waals surface area contributed by atoms with Crippen molar-refractivity contribution in [1.29, 1.82) is 0 Å². The summed E-state index contributed by atoms with van der Waals surface area (Å²) in [5.41, 5.74) is 5.75. The fourth-order valence-corrected chi connectivity index (χ4v) is 2.68. The number of hydrogen-bond donors (Lipinski definition) is 1. The summed E-state index contributed by atoms with van der Waals surface area (Å²) in [5.74, 6) is -1.53. The van der Waals surface area contributed by atoms with Crippen molar-refractivity contribution in [2.45, 2.75) is 25.1 Å². The molecule has 0 aliphatic carbocycles. The van der Waals surface area contributed by atoms with Crippen LogP contribution in [0.1, 0.15) is 12.0 Å². The molecule has 20 heavy (non-hydrogen) atoms. The van der Waals surface area contributed by atoms with Gasteiger partial charge in [0, 0.05) is 6.42 Å². The fraction of sp³-hybridized carbons (Fsp3) is 0.385. The van der Waals surface area contributed by atoms with E-state index < -0.39 is 29.8 Å². The van der Waals surface area contributed by atoms with Gasteiger partial charge in [-0.15, -0.1) is 0 Å². The first-order chi connectivity index (χ1) is 9.38.